The maximum atomic E-state index is 5.93. The average Bonchev–Trinajstić information content (AvgIpc) is 2.71. The summed E-state index contributed by atoms with van der Waals surface area (Å²) in [6.45, 7) is 7.86. The lowest BCUT2D eigenvalue weighted by Crippen LogP contribution is -2.57. The van der Waals surface area contributed by atoms with Crippen LogP contribution in [0, 0.1) is 0 Å². The Labute approximate surface area is 107 Å². The van der Waals surface area contributed by atoms with Gasteiger partial charge in [0.15, 0.2) is 17.9 Å². The minimum atomic E-state index is -0.667. The minimum absolute atomic E-state index is 0.200. The van der Waals surface area contributed by atoms with Crippen molar-refractivity contribution >= 4 is 0 Å². The second-order valence-corrected chi connectivity index (χ2v) is 5.94. The van der Waals surface area contributed by atoms with Crippen LogP contribution in [0.3, 0.4) is 0 Å². The standard InChI is InChI=1S/C12H21NO5/c1-11(2)15-7-6(5-13)14-10-9(8(7)16-11)17-12(3,4)18-10/h6-10H,5,13H2,1-4H3/t6-,7-,8-,9+,10+/m0/s1. The van der Waals surface area contributed by atoms with Gasteiger partial charge in [0.05, 0.1) is 0 Å². The van der Waals surface area contributed by atoms with Crippen LogP contribution in [0.25, 0.3) is 0 Å². The Morgan fingerprint density at radius 3 is 2.06 bits per heavy atom. The molecule has 104 valence electrons. The van der Waals surface area contributed by atoms with E-state index in [-0.39, 0.29) is 24.4 Å². The van der Waals surface area contributed by atoms with Gasteiger partial charge in [0.1, 0.15) is 24.4 Å². The van der Waals surface area contributed by atoms with Crippen LogP contribution in [0.1, 0.15) is 27.7 Å². The molecule has 3 fully saturated rings. The third-order valence-corrected chi connectivity index (χ3v) is 3.48. The number of nitrogens with two attached hydrogens (primary N) is 1. The molecule has 2 N–H and O–H groups in total. The van der Waals surface area contributed by atoms with Crippen molar-refractivity contribution in [3.05, 3.63) is 0 Å². The van der Waals surface area contributed by atoms with Gasteiger partial charge in [-0.05, 0) is 27.7 Å². The number of ether oxygens (including phenoxy) is 5. The third-order valence-electron chi connectivity index (χ3n) is 3.48. The Kier molecular flexibility index (Phi) is 2.75. The predicted octanol–water partition coefficient (Wildman–Crippen LogP) is 0.342. The quantitative estimate of drug-likeness (QED) is 0.732. The fraction of sp³-hybridized carbons (Fsp3) is 1.00. The summed E-state index contributed by atoms with van der Waals surface area (Å²) < 4.78 is 29.2. The summed E-state index contributed by atoms with van der Waals surface area (Å²) >= 11 is 0. The van der Waals surface area contributed by atoms with Crippen LogP contribution >= 0.6 is 0 Å². The first-order chi connectivity index (χ1) is 8.31. The van der Waals surface area contributed by atoms with E-state index in [1.165, 1.54) is 0 Å². The van der Waals surface area contributed by atoms with Gasteiger partial charge in [-0.15, -0.1) is 0 Å². The molecule has 3 rings (SSSR count). The van der Waals surface area contributed by atoms with E-state index in [1.807, 2.05) is 27.7 Å². The van der Waals surface area contributed by atoms with Crippen molar-refractivity contribution in [3.63, 3.8) is 0 Å². The molecule has 3 aliphatic rings. The summed E-state index contributed by atoms with van der Waals surface area (Å²) in [5.41, 5.74) is 5.74. The van der Waals surface area contributed by atoms with E-state index in [0.717, 1.165) is 0 Å². The maximum absolute atomic E-state index is 5.93. The summed E-state index contributed by atoms with van der Waals surface area (Å²) in [5, 5.41) is 0. The summed E-state index contributed by atoms with van der Waals surface area (Å²) in [7, 11) is 0. The van der Waals surface area contributed by atoms with Crippen molar-refractivity contribution < 1.29 is 23.7 Å². The number of hydrogen-bond donors (Lipinski definition) is 1. The van der Waals surface area contributed by atoms with Gasteiger partial charge < -0.3 is 29.4 Å². The molecule has 0 unspecified atom stereocenters. The van der Waals surface area contributed by atoms with Crippen molar-refractivity contribution in [2.45, 2.75) is 70.0 Å². The molecule has 0 radical (unpaired) electrons. The molecule has 0 bridgehead atoms. The van der Waals surface area contributed by atoms with Crippen molar-refractivity contribution in [2.24, 2.45) is 5.73 Å². The molecule has 3 saturated heterocycles. The average molecular weight is 259 g/mol. The number of hydrogen-bond acceptors (Lipinski definition) is 6. The van der Waals surface area contributed by atoms with Crippen molar-refractivity contribution in [1.82, 2.24) is 0 Å². The van der Waals surface area contributed by atoms with E-state index < -0.39 is 17.9 Å². The highest BCUT2D eigenvalue weighted by Crippen LogP contribution is 2.43. The van der Waals surface area contributed by atoms with Crippen molar-refractivity contribution in [2.75, 3.05) is 6.54 Å². The molecule has 6 heteroatoms. The van der Waals surface area contributed by atoms with Gasteiger partial charge in [-0.3, -0.25) is 0 Å². The molecule has 5 atom stereocenters. The van der Waals surface area contributed by atoms with E-state index in [2.05, 4.69) is 0 Å². The van der Waals surface area contributed by atoms with Crippen LogP contribution < -0.4 is 5.73 Å². The first-order valence-electron chi connectivity index (χ1n) is 6.38. The second-order valence-electron chi connectivity index (χ2n) is 5.94. The van der Waals surface area contributed by atoms with Crippen molar-refractivity contribution in [3.8, 4) is 0 Å². The fourth-order valence-electron chi connectivity index (χ4n) is 2.88. The molecule has 0 spiro atoms. The molecule has 18 heavy (non-hydrogen) atoms. The van der Waals surface area contributed by atoms with E-state index in [1.54, 1.807) is 0 Å². The van der Waals surface area contributed by atoms with Gasteiger partial charge >= 0.3 is 0 Å². The molecule has 3 aliphatic heterocycles. The van der Waals surface area contributed by atoms with Gasteiger partial charge in [-0.1, -0.05) is 0 Å². The van der Waals surface area contributed by atoms with Crippen LogP contribution in [0.15, 0.2) is 0 Å². The largest absolute Gasteiger partial charge is 0.342 e. The van der Waals surface area contributed by atoms with E-state index in [9.17, 15) is 0 Å². The van der Waals surface area contributed by atoms with Gasteiger partial charge in [0, 0.05) is 6.54 Å². The van der Waals surface area contributed by atoms with Gasteiger partial charge in [-0.2, -0.15) is 0 Å². The van der Waals surface area contributed by atoms with E-state index in [0.29, 0.717) is 6.54 Å². The Morgan fingerprint density at radius 2 is 1.39 bits per heavy atom. The molecule has 0 aromatic heterocycles. The molecule has 0 aromatic carbocycles. The SMILES string of the molecule is CC1(C)O[C@H]2[C@@H](O1)[C@H](CN)O[C@@H]1OC(C)(C)O[C@@H]12. The lowest BCUT2D eigenvalue weighted by molar-refractivity contribution is -0.231. The lowest BCUT2D eigenvalue weighted by atomic mass is 9.99. The van der Waals surface area contributed by atoms with Gasteiger partial charge in [-0.25, -0.2) is 0 Å². The van der Waals surface area contributed by atoms with E-state index >= 15 is 0 Å². The predicted molar refractivity (Wildman–Crippen MR) is 61.6 cm³/mol. The third kappa shape index (κ3) is 1.97. The highest BCUT2D eigenvalue weighted by atomic mass is 16.9. The summed E-state index contributed by atoms with van der Waals surface area (Å²) in [5.74, 6) is -1.31. The van der Waals surface area contributed by atoms with Gasteiger partial charge in [0.25, 0.3) is 0 Å². The molecule has 0 aliphatic carbocycles. The Morgan fingerprint density at radius 1 is 0.833 bits per heavy atom. The van der Waals surface area contributed by atoms with Crippen LogP contribution in [0.2, 0.25) is 0 Å². The monoisotopic (exact) mass is 259 g/mol. The maximum Gasteiger partial charge on any atom is 0.190 e. The minimum Gasteiger partial charge on any atom is -0.342 e. The highest BCUT2D eigenvalue weighted by molar-refractivity contribution is 5.00. The molecule has 0 saturated carbocycles. The zero-order valence-electron chi connectivity index (χ0n) is 11.2. The molecule has 6 nitrogen and oxygen atoms in total. The number of fused-ring (bicyclic) bond motifs is 3. The Bertz CT molecular complexity index is 345. The normalized spacial score (nSPS) is 48.8. The van der Waals surface area contributed by atoms with Crippen LogP contribution in [-0.4, -0.2) is 48.8 Å². The van der Waals surface area contributed by atoms with Crippen molar-refractivity contribution in [1.29, 1.82) is 0 Å². The number of rotatable bonds is 1. The van der Waals surface area contributed by atoms with Crippen LogP contribution in [-0.2, 0) is 23.7 Å². The molecule has 0 aromatic rings. The first-order valence-corrected chi connectivity index (χ1v) is 6.38. The summed E-state index contributed by atoms with van der Waals surface area (Å²) in [6.07, 6.45) is -1.34. The lowest BCUT2D eigenvalue weighted by Gasteiger charge is -2.36. The van der Waals surface area contributed by atoms with Crippen LogP contribution in [0.5, 0.6) is 0 Å². The van der Waals surface area contributed by atoms with Crippen LogP contribution in [0.4, 0.5) is 0 Å². The summed E-state index contributed by atoms with van der Waals surface area (Å²) in [4.78, 5) is 0. The smallest absolute Gasteiger partial charge is 0.190 e. The zero-order chi connectivity index (χ0) is 13.1. The Balaban J connectivity index is 1.86. The van der Waals surface area contributed by atoms with E-state index in [4.69, 9.17) is 29.4 Å². The molecule has 3 heterocycles. The first kappa shape index (κ1) is 12.8. The molecular weight excluding hydrogens is 238 g/mol. The Hall–Kier alpha value is -0.240. The molecular formula is C12H21NO5. The zero-order valence-corrected chi connectivity index (χ0v) is 11.2. The topological polar surface area (TPSA) is 72.2 Å². The summed E-state index contributed by atoms with van der Waals surface area (Å²) in [6, 6.07) is 0. The fourth-order valence-corrected chi connectivity index (χ4v) is 2.88. The van der Waals surface area contributed by atoms with Gasteiger partial charge in [0.2, 0.25) is 0 Å². The molecule has 0 amide bonds. The highest BCUT2D eigenvalue weighted by Gasteiger charge is 2.60. The second kappa shape index (κ2) is 3.88.